The molecule has 0 fully saturated rings. The molecule has 4 aromatic rings. The van der Waals surface area contributed by atoms with Crippen LogP contribution in [0, 0.1) is 6.92 Å². The highest BCUT2D eigenvalue weighted by molar-refractivity contribution is 6.33. The lowest BCUT2D eigenvalue weighted by Gasteiger charge is -2.12. The molecule has 0 saturated carbocycles. The number of hydrogen-bond acceptors (Lipinski definition) is 5. The fourth-order valence-corrected chi connectivity index (χ4v) is 3.63. The second-order valence-corrected chi connectivity index (χ2v) is 7.31. The standard InChI is InChI=1S/C20H17Cl2N7O/c1-11-18-14(12-6-4-3-5-7-12)10-17(25-19(18)29(2)28-11)26-27-20(30)23-13-8-15(21)24-16(22)9-13/h3-10H,1-2H3,(H,25,26)(H2,23,24,27,30). The van der Waals surface area contributed by atoms with Crippen LogP contribution in [0.1, 0.15) is 5.69 Å². The van der Waals surface area contributed by atoms with Crippen LogP contribution in [0.2, 0.25) is 10.3 Å². The average molecular weight is 442 g/mol. The number of aromatic nitrogens is 4. The predicted molar refractivity (Wildman–Crippen MR) is 119 cm³/mol. The van der Waals surface area contributed by atoms with Gasteiger partial charge in [0.2, 0.25) is 0 Å². The molecule has 152 valence electrons. The van der Waals surface area contributed by atoms with Gasteiger partial charge in [-0.25, -0.2) is 14.8 Å². The lowest BCUT2D eigenvalue weighted by atomic mass is 10.0. The minimum absolute atomic E-state index is 0.178. The summed E-state index contributed by atoms with van der Waals surface area (Å²) in [5, 5.41) is 8.42. The van der Waals surface area contributed by atoms with Crippen molar-refractivity contribution in [2.45, 2.75) is 6.92 Å². The smallest absolute Gasteiger partial charge is 0.306 e. The Hall–Kier alpha value is -3.36. The summed E-state index contributed by atoms with van der Waals surface area (Å²) < 4.78 is 1.71. The summed E-state index contributed by atoms with van der Waals surface area (Å²) in [5.74, 6) is 0.463. The van der Waals surface area contributed by atoms with Crippen molar-refractivity contribution in [3.05, 3.63) is 64.5 Å². The Morgan fingerprint density at radius 1 is 1.03 bits per heavy atom. The van der Waals surface area contributed by atoms with Gasteiger partial charge in [0.1, 0.15) is 16.1 Å². The van der Waals surface area contributed by atoms with Gasteiger partial charge < -0.3 is 5.32 Å². The molecule has 0 aliphatic heterocycles. The van der Waals surface area contributed by atoms with Crippen LogP contribution in [0.25, 0.3) is 22.2 Å². The molecule has 0 atom stereocenters. The van der Waals surface area contributed by atoms with Crippen LogP contribution in [0.5, 0.6) is 0 Å². The molecule has 10 heteroatoms. The Kier molecular flexibility index (Phi) is 5.43. The molecular formula is C20H17Cl2N7O. The van der Waals surface area contributed by atoms with Gasteiger partial charge in [0.25, 0.3) is 0 Å². The van der Waals surface area contributed by atoms with E-state index in [2.05, 4.69) is 31.2 Å². The molecule has 0 bridgehead atoms. The number of aryl methyl sites for hydroxylation is 2. The normalized spacial score (nSPS) is 10.8. The fraction of sp³-hybridized carbons (Fsp3) is 0.100. The number of benzene rings is 1. The number of hydrazine groups is 1. The van der Waals surface area contributed by atoms with Gasteiger partial charge in [-0.3, -0.25) is 15.5 Å². The number of carbonyl (C=O) groups excluding carboxylic acids is 1. The Morgan fingerprint density at radius 2 is 1.73 bits per heavy atom. The molecule has 8 nitrogen and oxygen atoms in total. The van der Waals surface area contributed by atoms with E-state index >= 15 is 0 Å². The zero-order valence-electron chi connectivity index (χ0n) is 16.1. The Balaban J connectivity index is 1.60. The van der Waals surface area contributed by atoms with Crippen molar-refractivity contribution in [2.24, 2.45) is 7.05 Å². The van der Waals surface area contributed by atoms with Crippen molar-refractivity contribution in [1.82, 2.24) is 25.2 Å². The van der Waals surface area contributed by atoms with E-state index < -0.39 is 6.03 Å². The van der Waals surface area contributed by atoms with Crippen LogP contribution in [-0.2, 0) is 7.05 Å². The second-order valence-electron chi connectivity index (χ2n) is 6.53. The van der Waals surface area contributed by atoms with Crippen molar-refractivity contribution in [3.63, 3.8) is 0 Å². The topological polar surface area (TPSA) is 96.8 Å². The van der Waals surface area contributed by atoms with Crippen molar-refractivity contribution in [1.29, 1.82) is 0 Å². The summed E-state index contributed by atoms with van der Waals surface area (Å²) in [5.41, 5.74) is 9.37. The summed E-state index contributed by atoms with van der Waals surface area (Å²) in [6.07, 6.45) is 0. The molecule has 0 aliphatic carbocycles. The number of nitrogens with zero attached hydrogens (tertiary/aromatic N) is 4. The van der Waals surface area contributed by atoms with Gasteiger partial charge in [-0.05, 0) is 36.2 Å². The number of hydrogen-bond donors (Lipinski definition) is 3. The third kappa shape index (κ3) is 4.14. The zero-order valence-corrected chi connectivity index (χ0v) is 17.6. The molecule has 3 aromatic heterocycles. The first-order valence-electron chi connectivity index (χ1n) is 8.96. The molecule has 4 rings (SSSR count). The second kappa shape index (κ2) is 8.17. The quantitative estimate of drug-likeness (QED) is 0.312. The summed E-state index contributed by atoms with van der Waals surface area (Å²) >= 11 is 11.7. The van der Waals surface area contributed by atoms with Gasteiger partial charge in [0.15, 0.2) is 5.65 Å². The Bertz CT molecular complexity index is 1220. The zero-order chi connectivity index (χ0) is 21.3. The summed E-state index contributed by atoms with van der Waals surface area (Å²) in [6.45, 7) is 1.94. The van der Waals surface area contributed by atoms with Gasteiger partial charge >= 0.3 is 6.03 Å². The Morgan fingerprint density at radius 3 is 2.43 bits per heavy atom. The molecule has 0 aliphatic rings. The molecule has 0 spiro atoms. The van der Waals surface area contributed by atoms with Gasteiger partial charge in [-0.15, -0.1) is 0 Å². The van der Waals surface area contributed by atoms with Crippen molar-refractivity contribution in [2.75, 3.05) is 10.7 Å². The number of pyridine rings is 2. The average Bonchev–Trinajstić information content (AvgIpc) is 2.99. The molecule has 30 heavy (non-hydrogen) atoms. The van der Waals surface area contributed by atoms with Gasteiger partial charge in [-0.2, -0.15) is 5.10 Å². The lowest BCUT2D eigenvalue weighted by molar-refractivity contribution is 0.254. The van der Waals surface area contributed by atoms with Gasteiger partial charge in [0, 0.05) is 18.1 Å². The minimum atomic E-state index is -0.516. The number of amides is 2. The molecule has 2 amide bonds. The minimum Gasteiger partial charge on any atom is -0.306 e. The molecule has 3 heterocycles. The third-order valence-corrected chi connectivity index (χ3v) is 4.77. The highest BCUT2D eigenvalue weighted by Crippen LogP contribution is 2.31. The number of urea groups is 1. The highest BCUT2D eigenvalue weighted by Gasteiger charge is 2.15. The number of rotatable bonds is 4. The number of halogens is 2. The van der Waals surface area contributed by atoms with E-state index in [0.29, 0.717) is 17.2 Å². The van der Waals surface area contributed by atoms with E-state index in [1.54, 1.807) is 4.68 Å². The van der Waals surface area contributed by atoms with Crippen molar-refractivity contribution < 1.29 is 4.79 Å². The van der Waals surface area contributed by atoms with Crippen LogP contribution in [-0.4, -0.2) is 25.8 Å². The third-order valence-electron chi connectivity index (χ3n) is 4.38. The van der Waals surface area contributed by atoms with Gasteiger partial charge in [0.05, 0.1) is 5.69 Å². The van der Waals surface area contributed by atoms with E-state index in [0.717, 1.165) is 22.2 Å². The summed E-state index contributed by atoms with van der Waals surface area (Å²) in [6, 6.07) is 14.3. The molecular weight excluding hydrogens is 425 g/mol. The molecule has 1 aromatic carbocycles. The first-order chi connectivity index (χ1) is 14.4. The van der Waals surface area contributed by atoms with Crippen molar-refractivity contribution in [3.8, 4) is 11.1 Å². The molecule has 0 radical (unpaired) electrons. The predicted octanol–water partition coefficient (Wildman–Crippen LogP) is 4.79. The monoisotopic (exact) mass is 441 g/mol. The maximum Gasteiger partial charge on any atom is 0.337 e. The van der Waals surface area contributed by atoms with Gasteiger partial charge in [-0.1, -0.05) is 53.5 Å². The van der Waals surface area contributed by atoms with Crippen LogP contribution in [0.3, 0.4) is 0 Å². The maximum absolute atomic E-state index is 12.3. The van der Waals surface area contributed by atoms with Crippen molar-refractivity contribution >= 4 is 51.8 Å². The van der Waals surface area contributed by atoms with Crippen LogP contribution >= 0.6 is 23.2 Å². The molecule has 0 saturated heterocycles. The summed E-state index contributed by atoms with van der Waals surface area (Å²) in [4.78, 5) is 20.7. The van der Waals surface area contributed by atoms with E-state index in [1.165, 1.54) is 12.1 Å². The van der Waals surface area contributed by atoms with Crippen LogP contribution < -0.4 is 16.2 Å². The number of fused-ring (bicyclic) bond motifs is 1. The lowest BCUT2D eigenvalue weighted by Crippen LogP contribution is -2.34. The SMILES string of the molecule is Cc1nn(C)c2nc(NNC(=O)Nc3cc(Cl)nc(Cl)c3)cc(-c3ccccc3)c12. The fourth-order valence-electron chi connectivity index (χ4n) is 3.17. The van der Waals surface area contributed by atoms with E-state index in [1.807, 2.05) is 50.4 Å². The highest BCUT2D eigenvalue weighted by atomic mass is 35.5. The van der Waals surface area contributed by atoms with E-state index in [-0.39, 0.29) is 10.3 Å². The Labute approximate surface area is 182 Å². The summed E-state index contributed by atoms with van der Waals surface area (Å²) in [7, 11) is 1.83. The van der Waals surface area contributed by atoms with Crippen LogP contribution in [0.15, 0.2) is 48.5 Å². The maximum atomic E-state index is 12.3. The van der Waals surface area contributed by atoms with E-state index in [9.17, 15) is 4.79 Å². The van der Waals surface area contributed by atoms with E-state index in [4.69, 9.17) is 23.2 Å². The molecule has 3 N–H and O–H groups in total. The number of carbonyl (C=O) groups is 1. The number of anilines is 2. The molecule has 0 unspecified atom stereocenters. The largest absolute Gasteiger partial charge is 0.337 e. The first-order valence-corrected chi connectivity index (χ1v) is 9.72. The van der Waals surface area contributed by atoms with Crippen LogP contribution in [0.4, 0.5) is 16.3 Å². The number of nitrogens with one attached hydrogen (secondary N) is 3. The first kappa shape index (κ1) is 19.9.